The molecule has 0 atom stereocenters. The zero-order chi connectivity index (χ0) is 14.7. The number of piperazine rings is 1. The number of nitrogens with one attached hydrogen (secondary N) is 1. The Morgan fingerprint density at radius 1 is 1.24 bits per heavy atom. The SMILES string of the molecule is OCCN1CCN(c2cccc(F)c2C2=NCCN2)CC1. The molecule has 0 aliphatic carbocycles. The van der Waals surface area contributed by atoms with Gasteiger partial charge in [-0.1, -0.05) is 6.07 Å². The number of β-amino-alcohol motifs (C(OH)–C–C–N with tert-alkyl or cyclic N) is 1. The van der Waals surface area contributed by atoms with Crippen LogP contribution in [0, 0.1) is 5.82 Å². The minimum absolute atomic E-state index is 0.186. The Labute approximate surface area is 124 Å². The van der Waals surface area contributed by atoms with Gasteiger partial charge in [0.15, 0.2) is 0 Å². The third-order valence-electron chi connectivity index (χ3n) is 4.03. The summed E-state index contributed by atoms with van der Waals surface area (Å²) in [4.78, 5) is 8.79. The molecule has 0 bridgehead atoms. The molecule has 1 saturated heterocycles. The van der Waals surface area contributed by atoms with Gasteiger partial charge >= 0.3 is 0 Å². The Morgan fingerprint density at radius 2 is 2.05 bits per heavy atom. The van der Waals surface area contributed by atoms with E-state index < -0.39 is 0 Å². The molecular weight excluding hydrogens is 271 g/mol. The lowest BCUT2D eigenvalue weighted by Gasteiger charge is -2.36. The highest BCUT2D eigenvalue weighted by atomic mass is 19.1. The van der Waals surface area contributed by atoms with Crippen LogP contribution < -0.4 is 10.2 Å². The maximum Gasteiger partial charge on any atom is 0.136 e. The summed E-state index contributed by atoms with van der Waals surface area (Å²) >= 11 is 0. The second kappa shape index (κ2) is 6.41. The van der Waals surface area contributed by atoms with E-state index in [0.29, 0.717) is 24.5 Å². The molecular formula is C15H21FN4O. The smallest absolute Gasteiger partial charge is 0.136 e. The highest BCUT2D eigenvalue weighted by Crippen LogP contribution is 2.25. The fourth-order valence-electron chi connectivity index (χ4n) is 2.93. The summed E-state index contributed by atoms with van der Waals surface area (Å²) in [5, 5.41) is 12.2. The standard InChI is InChI=1S/C15H21FN4O/c16-12-2-1-3-13(14(12)15-17-4-5-18-15)20-8-6-19(7-9-20)10-11-21/h1-3,21H,4-11H2,(H,17,18). The summed E-state index contributed by atoms with van der Waals surface area (Å²) < 4.78 is 14.3. The highest BCUT2D eigenvalue weighted by molar-refractivity contribution is 6.04. The topological polar surface area (TPSA) is 51.1 Å². The van der Waals surface area contributed by atoms with E-state index in [1.807, 2.05) is 6.07 Å². The third kappa shape index (κ3) is 3.01. The van der Waals surface area contributed by atoms with E-state index in [1.165, 1.54) is 6.07 Å². The van der Waals surface area contributed by atoms with Crippen LogP contribution in [0.3, 0.4) is 0 Å². The van der Waals surface area contributed by atoms with E-state index in [4.69, 9.17) is 5.11 Å². The van der Waals surface area contributed by atoms with Crippen molar-refractivity contribution in [3.63, 3.8) is 0 Å². The molecule has 2 aliphatic rings. The number of aliphatic imine (C=N–C) groups is 1. The molecule has 0 saturated carbocycles. The number of benzene rings is 1. The van der Waals surface area contributed by atoms with Gasteiger partial charge in [0, 0.05) is 39.3 Å². The Morgan fingerprint density at radius 3 is 2.71 bits per heavy atom. The first-order valence-electron chi connectivity index (χ1n) is 7.45. The fraction of sp³-hybridized carbons (Fsp3) is 0.533. The van der Waals surface area contributed by atoms with Gasteiger partial charge in [0.05, 0.1) is 24.4 Å². The average Bonchev–Trinajstić information content (AvgIpc) is 3.02. The molecule has 114 valence electrons. The van der Waals surface area contributed by atoms with Crippen LogP contribution in [0.2, 0.25) is 0 Å². The lowest BCUT2D eigenvalue weighted by atomic mass is 10.1. The number of aliphatic hydroxyl groups excluding tert-OH is 1. The Hall–Kier alpha value is -1.66. The molecule has 1 aromatic carbocycles. The van der Waals surface area contributed by atoms with E-state index in [-0.39, 0.29) is 12.4 Å². The van der Waals surface area contributed by atoms with Crippen LogP contribution in [0.25, 0.3) is 0 Å². The Bertz CT molecular complexity index is 526. The van der Waals surface area contributed by atoms with Gasteiger partial charge in [0.2, 0.25) is 0 Å². The number of hydrogen-bond acceptors (Lipinski definition) is 5. The number of halogens is 1. The van der Waals surface area contributed by atoms with Gasteiger partial charge in [-0.3, -0.25) is 9.89 Å². The van der Waals surface area contributed by atoms with Gasteiger partial charge in [-0.15, -0.1) is 0 Å². The Kier molecular flexibility index (Phi) is 4.36. The molecule has 5 nitrogen and oxygen atoms in total. The number of nitrogens with zero attached hydrogens (tertiary/aromatic N) is 3. The van der Waals surface area contributed by atoms with Crippen molar-refractivity contribution in [3.05, 3.63) is 29.6 Å². The first-order chi connectivity index (χ1) is 10.3. The molecule has 21 heavy (non-hydrogen) atoms. The second-order valence-electron chi connectivity index (χ2n) is 5.34. The third-order valence-corrected chi connectivity index (χ3v) is 4.03. The summed E-state index contributed by atoms with van der Waals surface area (Å²) in [7, 11) is 0. The number of rotatable bonds is 4. The summed E-state index contributed by atoms with van der Waals surface area (Å²) in [5.41, 5.74) is 1.50. The predicted molar refractivity (Wildman–Crippen MR) is 81.5 cm³/mol. The van der Waals surface area contributed by atoms with Crippen molar-refractivity contribution >= 4 is 11.5 Å². The molecule has 0 aromatic heterocycles. The highest BCUT2D eigenvalue weighted by Gasteiger charge is 2.23. The molecule has 2 aliphatic heterocycles. The van der Waals surface area contributed by atoms with Gasteiger partial charge in [-0.2, -0.15) is 0 Å². The maximum absolute atomic E-state index is 14.3. The quantitative estimate of drug-likeness (QED) is 0.837. The zero-order valence-electron chi connectivity index (χ0n) is 12.1. The van der Waals surface area contributed by atoms with Crippen molar-refractivity contribution in [1.29, 1.82) is 0 Å². The largest absolute Gasteiger partial charge is 0.395 e. The Balaban J connectivity index is 1.81. The summed E-state index contributed by atoms with van der Waals surface area (Å²) in [6, 6.07) is 5.20. The minimum atomic E-state index is -0.224. The molecule has 0 spiro atoms. The van der Waals surface area contributed by atoms with Crippen LogP contribution >= 0.6 is 0 Å². The molecule has 2 N–H and O–H groups in total. The molecule has 1 aromatic rings. The number of aliphatic hydroxyl groups is 1. The van der Waals surface area contributed by atoms with E-state index in [2.05, 4.69) is 20.1 Å². The number of amidine groups is 1. The number of hydrogen-bond donors (Lipinski definition) is 2. The van der Waals surface area contributed by atoms with Crippen LogP contribution in [0.15, 0.2) is 23.2 Å². The van der Waals surface area contributed by atoms with Crippen molar-refractivity contribution in [2.45, 2.75) is 0 Å². The van der Waals surface area contributed by atoms with Gasteiger partial charge in [-0.05, 0) is 12.1 Å². The van der Waals surface area contributed by atoms with Gasteiger partial charge < -0.3 is 15.3 Å². The van der Waals surface area contributed by atoms with Crippen LogP contribution in [0.5, 0.6) is 0 Å². The molecule has 0 unspecified atom stereocenters. The molecule has 6 heteroatoms. The van der Waals surface area contributed by atoms with E-state index in [0.717, 1.165) is 38.4 Å². The predicted octanol–water partition coefficient (Wildman–Crippen LogP) is 0.290. The lowest BCUT2D eigenvalue weighted by molar-refractivity contribution is 0.189. The molecule has 1 fully saturated rings. The van der Waals surface area contributed by atoms with E-state index in [9.17, 15) is 4.39 Å². The van der Waals surface area contributed by atoms with Gasteiger partial charge in [0.1, 0.15) is 11.7 Å². The van der Waals surface area contributed by atoms with E-state index in [1.54, 1.807) is 6.07 Å². The molecule has 2 heterocycles. The number of anilines is 1. The monoisotopic (exact) mass is 292 g/mol. The molecule has 0 radical (unpaired) electrons. The first kappa shape index (κ1) is 14.3. The average molecular weight is 292 g/mol. The van der Waals surface area contributed by atoms with Crippen LogP contribution in [-0.4, -0.2) is 68.3 Å². The summed E-state index contributed by atoms with van der Waals surface area (Å²) in [6.07, 6.45) is 0. The van der Waals surface area contributed by atoms with Crippen LogP contribution in [0.4, 0.5) is 10.1 Å². The zero-order valence-corrected chi connectivity index (χ0v) is 12.1. The summed E-state index contributed by atoms with van der Waals surface area (Å²) in [5.74, 6) is 0.444. The van der Waals surface area contributed by atoms with Crippen LogP contribution in [0.1, 0.15) is 5.56 Å². The molecule has 3 rings (SSSR count). The summed E-state index contributed by atoms with van der Waals surface area (Å²) in [6.45, 7) is 5.81. The van der Waals surface area contributed by atoms with Gasteiger partial charge in [0.25, 0.3) is 0 Å². The lowest BCUT2D eigenvalue weighted by Crippen LogP contribution is -2.47. The van der Waals surface area contributed by atoms with Crippen molar-refractivity contribution in [3.8, 4) is 0 Å². The van der Waals surface area contributed by atoms with Gasteiger partial charge in [-0.25, -0.2) is 4.39 Å². The fourth-order valence-corrected chi connectivity index (χ4v) is 2.93. The minimum Gasteiger partial charge on any atom is -0.395 e. The first-order valence-corrected chi connectivity index (χ1v) is 7.45. The van der Waals surface area contributed by atoms with Crippen molar-refractivity contribution in [1.82, 2.24) is 10.2 Å². The maximum atomic E-state index is 14.3. The van der Waals surface area contributed by atoms with Crippen LogP contribution in [-0.2, 0) is 0 Å². The van der Waals surface area contributed by atoms with Crippen molar-refractivity contribution in [2.24, 2.45) is 4.99 Å². The second-order valence-corrected chi connectivity index (χ2v) is 5.34. The normalized spacial score (nSPS) is 19.5. The van der Waals surface area contributed by atoms with Crippen molar-refractivity contribution in [2.75, 3.05) is 57.3 Å². The van der Waals surface area contributed by atoms with E-state index >= 15 is 0 Å². The molecule has 0 amide bonds. The van der Waals surface area contributed by atoms with Crippen molar-refractivity contribution < 1.29 is 9.50 Å².